The SMILES string of the molecule is O=C(c1cccc2nccn12)N1CCCC(S(=O)(=O)NC2CCCC2)C1. The Hall–Kier alpha value is -1.93. The van der Waals surface area contributed by atoms with Crippen LogP contribution in [0.15, 0.2) is 30.6 Å². The Bertz CT molecular complexity index is 902. The Kier molecular flexibility index (Phi) is 4.71. The summed E-state index contributed by atoms with van der Waals surface area (Å²) >= 11 is 0. The molecule has 1 amide bonds. The fourth-order valence-corrected chi connectivity index (χ4v) is 5.78. The monoisotopic (exact) mass is 376 g/mol. The summed E-state index contributed by atoms with van der Waals surface area (Å²) in [5.41, 5.74) is 1.22. The normalized spacial score (nSPS) is 22.2. The Balaban J connectivity index is 1.51. The van der Waals surface area contributed by atoms with Crippen LogP contribution in [0.25, 0.3) is 5.65 Å². The van der Waals surface area contributed by atoms with E-state index in [4.69, 9.17) is 0 Å². The van der Waals surface area contributed by atoms with Crippen molar-refractivity contribution < 1.29 is 13.2 Å². The Morgan fingerprint density at radius 1 is 1.15 bits per heavy atom. The Morgan fingerprint density at radius 3 is 2.77 bits per heavy atom. The first-order valence-electron chi connectivity index (χ1n) is 9.27. The summed E-state index contributed by atoms with van der Waals surface area (Å²) in [6, 6.07) is 5.46. The van der Waals surface area contributed by atoms with Gasteiger partial charge in [0.2, 0.25) is 10.0 Å². The molecule has 1 aliphatic carbocycles. The van der Waals surface area contributed by atoms with Crippen molar-refractivity contribution in [3.05, 3.63) is 36.3 Å². The molecule has 1 unspecified atom stereocenters. The first-order chi connectivity index (χ1) is 12.5. The molecular weight excluding hydrogens is 352 g/mol. The second-order valence-electron chi connectivity index (χ2n) is 7.23. The van der Waals surface area contributed by atoms with Gasteiger partial charge in [-0.05, 0) is 37.8 Å². The number of likely N-dealkylation sites (tertiary alicyclic amines) is 1. The predicted octanol–water partition coefficient (Wildman–Crippen LogP) is 1.80. The van der Waals surface area contributed by atoms with Crippen molar-refractivity contribution in [2.45, 2.75) is 49.8 Å². The van der Waals surface area contributed by atoms with Gasteiger partial charge in [-0.3, -0.25) is 9.20 Å². The maximum atomic E-state index is 13.0. The minimum absolute atomic E-state index is 0.0609. The zero-order valence-corrected chi connectivity index (χ0v) is 15.5. The highest BCUT2D eigenvalue weighted by Crippen LogP contribution is 2.23. The first kappa shape index (κ1) is 17.5. The minimum Gasteiger partial charge on any atom is -0.336 e. The zero-order chi connectivity index (χ0) is 18.1. The lowest BCUT2D eigenvalue weighted by Crippen LogP contribution is -2.50. The van der Waals surface area contributed by atoms with Gasteiger partial charge in [0.25, 0.3) is 5.91 Å². The molecule has 4 rings (SSSR count). The fraction of sp³-hybridized carbons (Fsp3) is 0.556. The van der Waals surface area contributed by atoms with E-state index >= 15 is 0 Å². The Morgan fingerprint density at radius 2 is 1.96 bits per heavy atom. The van der Waals surface area contributed by atoms with Crippen LogP contribution in [0.1, 0.15) is 49.0 Å². The van der Waals surface area contributed by atoms with Crippen molar-refractivity contribution in [1.29, 1.82) is 0 Å². The summed E-state index contributed by atoms with van der Waals surface area (Å²) in [5, 5.41) is -0.539. The van der Waals surface area contributed by atoms with E-state index in [2.05, 4.69) is 9.71 Å². The summed E-state index contributed by atoms with van der Waals surface area (Å²) in [5.74, 6) is -0.144. The number of sulfonamides is 1. The standard InChI is InChI=1S/C18H24N4O3S/c23-18(16-8-3-9-17-19-10-12-22(16)17)21-11-4-7-15(13-21)26(24,25)20-14-5-1-2-6-14/h3,8-10,12,14-15,20H,1-2,4-7,11,13H2. The van der Waals surface area contributed by atoms with E-state index in [0.717, 1.165) is 25.7 Å². The van der Waals surface area contributed by atoms with E-state index in [-0.39, 0.29) is 18.5 Å². The van der Waals surface area contributed by atoms with Crippen LogP contribution >= 0.6 is 0 Å². The number of carbonyl (C=O) groups is 1. The smallest absolute Gasteiger partial charge is 0.270 e. The average molecular weight is 376 g/mol. The van der Waals surface area contributed by atoms with Crippen LogP contribution < -0.4 is 4.72 Å². The molecule has 26 heavy (non-hydrogen) atoms. The zero-order valence-electron chi connectivity index (χ0n) is 14.7. The molecule has 0 spiro atoms. The number of nitrogens with one attached hydrogen (secondary N) is 1. The lowest BCUT2D eigenvalue weighted by molar-refractivity contribution is 0.0719. The number of piperidine rings is 1. The molecule has 1 aliphatic heterocycles. The van der Waals surface area contributed by atoms with E-state index in [1.54, 1.807) is 33.8 Å². The third-order valence-electron chi connectivity index (χ3n) is 5.44. The number of amides is 1. The fourth-order valence-electron chi connectivity index (χ4n) is 4.03. The largest absolute Gasteiger partial charge is 0.336 e. The summed E-state index contributed by atoms with van der Waals surface area (Å²) in [4.78, 5) is 18.9. The number of nitrogens with zero attached hydrogens (tertiary/aromatic N) is 3. The molecule has 8 heteroatoms. The van der Waals surface area contributed by atoms with E-state index in [0.29, 0.717) is 30.7 Å². The Labute approximate surface area is 153 Å². The highest BCUT2D eigenvalue weighted by Gasteiger charge is 2.35. The summed E-state index contributed by atoms with van der Waals surface area (Å²) in [6.45, 7) is 0.825. The van der Waals surface area contributed by atoms with Crippen LogP contribution in [0.4, 0.5) is 0 Å². The van der Waals surface area contributed by atoms with Crippen LogP contribution in [0.2, 0.25) is 0 Å². The molecule has 3 heterocycles. The molecule has 0 bridgehead atoms. The molecule has 2 aromatic heterocycles. The van der Waals surface area contributed by atoms with Gasteiger partial charge in [0, 0.05) is 31.5 Å². The number of fused-ring (bicyclic) bond motifs is 1. The van der Waals surface area contributed by atoms with Gasteiger partial charge in [-0.15, -0.1) is 0 Å². The molecule has 1 saturated heterocycles. The van der Waals surface area contributed by atoms with Gasteiger partial charge in [0.1, 0.15) is 11.3 Å². The lowest BCUT2D eigenvalue weighted by Gasteiger charge is -2.33. The molecule has 140 valence electrons. The maximum Gasteiger partial charge on any atom is 0.270 e. The van der Waals surface area contributed by atoms with Crippen LogP contribution in [-0.4, -0.2) is 53.0 Å². The van der Waals surface area contributed by atoms with Gasteiger partial charge < -0.3 is 4.90 Å². The van der Waals surface area contributed by atoms with Crippen molar-refractivity contribution in [2.24, 2.45) is 0 Å². The van der Waals surface area contributed by atoms with Gasteiger partial charge in [-0.2, -0.15) is 0 Å². The highest BCUT2D eigenvalue weighted by molar-refractivity contribution is 7.90. The third kappa shape index (κ3) is 3.35. The van der Waals surface area contributed by atoms with Crippen molar-refractivity contribution >= 4 is 21.6 Å². The van der Waals surface area contributed by atoms with Crippen molar-refractivity contribution in [1.82, 2.24) is 19.0 Å². The van der Waals surface area contributed by atoms with Crippen LogP contribution in [0.5, 0.6) is 0 Å². The second-order valence-corrected chi connectivity index (χ2v) is 9.22. The molecule has 1 saturated carbocycles. The van der Waals surface area contributed by atoms with E-state index in [1.165, 1.54) is 0 Å². The number of hydrogen-bond donors (Lipinski definition) is 1. The number of hydrogen-bond acceptors (Lipinski definition) is 4. The van der Waals surface area contributed by atoms with Crippen molar-refractivity contribution in [3.8, 4) is 0 Å². The van der Waals surface area contributed by atoms with Gasteiger partial charge >= 0.3 is 0 Å². The third-order valence-corrected chi connectivity index (χ3v) is 7.36. The molecule has 1 atom stereocenters. The molecule has 2 aliphatic rings. The van der Waals surface area contributed by atoms with E-state index in [9.17, 15) is 13.2 Å². The summed E-state index contributed by atoms with van der Waals surface area (Å²) in [6.07, 6.45) is 8.69. The maximum absolute atomic E-state index is 13.0. The molecule has 7 nitrogen and oxygen atoms in total. The quantitative estimate of drug-likeness (QED) is 0.882. The van der Waals surface area contributed by atoms with E-state index in [1.807, 2.05) is 6.07 Å². The predicted molar refractivity (Wildman–Crippen MR) is 98.4 cm³/mol. The number of rotatable bonds is 4. The summed E-state index contributed by atoms with van der Waals surface area (Å²) < 4.78 is 30.1. The molecule has 2 fully saturated rings. The van der Waals surface area contributed by atoms with Crippen LogP contribution in [0.3, 0.4) is 0 Å². The molecular formula is C18H24N4O3S. The van der Waals surface area contributed by atoms with E-state index < -0.39 is 15.3 Å². The van der Waals surface area contributed by atoms with Crippen molar-refractivity contribution in [2.75, 3.05) is 13.1 Å². The average Bonchev–Trinajstić information content (AvgIpc) is 3.32. The number of aromatic nitrogens is 2. The first-order valence-corrected chi connectivity index (χ1v) is 10.8. The summed E-state index contributed by atoms with van der Waals surface area (Å²) in [7, 11) is -3.41. The molecule has 2 aromatic rings. The van der Waals surface area contributed by atoms with Crippen LogP contribution in [-0.2, 0) is 10.0 Å². The molecule has 0 radical (unpaired) electrons. The molecule has 1 N–H and O–H groups in total. The molecule has 0 aromatic carbocycles. The van der Waals surface area contributed by atoms with Crippen molar-refractivity contribution in [3.63, 3.8) is 0 Å². The topological polar surface area (TPSA) is 83.8 Å². The number of pyridine rings is 1. The van der Waals surface area contributed by atoms with Crippen LogP contribution in [0, 0.1) is 0 Å². The minimum atomic E-state index is -3.41. The highest BCUT2D eigenvalue weighted by atomic mass is 32.2. The van der Waals surface area contributed by atoms with Gasteiger partial charge in [0.15, 0.2) is 0 Å². The lowest BCUT2D eigenvalue weighted by atomic mass is 10.1. The number of carbonyl (C=O) groups excluding carboxylic acids is 1. The number of imidazole rings is 1. The van der Waals surface area contributed by atoms with Gasteiger partial charge in [-0.25, -0.2) is 18.1 Å². The second kappa shape index (κ2) is 7.00. The van der Waals surface area contributed by atoms with Gasteiger partial charge in [0.05, 0.1) is 5.25 Å². The van der Waals surface area contributed by atoms with Gasteiger partial charge in [-0.1, -0.05) is 18.9 Å².